The molecule has 0 aliphatic rings. The van der Waals surface area contributed by atoms with Crippen molar-refractivity contribution in [2.24, 2.45) is 0 Å². The van der Waals surface area contributed by atoms with Crippen LogP contribution in [-0.4, -0.2) is 5.78 Å². The van der Waals surface area contributed by atoms with E-state index in [1.807, 2.05) is 12.1 Å². The standard InChI is InChI=1S/C15H12ClNO2/c16-12-5-3-11(4-6-12)14(10-17)15(18)8-7-13-2-1-9-19-13/h1-6,9,14H,7-8H2. The molecule has 0 spiro atoms. The van der Waals surface area contributed by atoms with Crippen molar-refractivity contribution in [1.82, 2.24) is 0 Å². The maximum Gasteiger partial charge on any atom is 0.154 e. The Morgan fingerprint density at radius 2 is 2.05 bits per heavy atom. The zero-order chi connectivity index (χ0) is 13.7. The van der Waals surface area contributed by atoms with Crippen LogP contribution in [0.2, 0.25) is 5.02 Å². The zero-order valence-electron chi connectivity index (χ0n) is 10.2. The molecule has 4 heteroatoms. The van der Waals surface area contributed by atoms with Crippen molar-refractivity contribution in [3.63, 3.8) is 0 Å². The summed E-state index contributed by atoms with van der Waals surface area (Å²) in [4.78, 5) is 12.1. The zero-order valence-corrected chi connectivity index (χ0v) is 10.9. The summed E-state index contributed by atoms with van der Waals surface area (Å²) in [5.41, 5.74) is 0.677. The van der Waals surface area contributed by atoms with Crippen LogP contribution >= 0.6 is 11.6 Å². The van der Waals surface area contributed by atoms with Gasteiger partial charge in [0.25, 0.3) is 0 Å². The summed E-state index contributed by atoms with van der Waals surface area (Å²) in [7, 11) is 0. The second-order valence-corrected chi connectivity index (χ2v) is 4.60. The molecule has 96 valence electrons. The van der Waals surface area contributed by atoms with Crippen LogP contribution in [0, 0.1) is 11.3 Å². The van der Waals surface area contributed by atoms with E-state index in [0.29, 0.717) is 17.0 Å². The Kier molecular flexibility index (Phi) is 4.38. The highest BCUT2D eigenvalue weighted by Crippen LogP contribution is 2.21. The van der Waals surface area contributed by atoms with E-state index in [1.54, 1.807) is 36.6 Å². The number of furan rings is 1. The van der Waals surface area contributed by atoms with Gasteiger partial charge in [-0.3, -0.25) is 4.79 Å². The Hall–Kier alpha value is -2.05. The maximum atomic E-state index is 12.1. The first kappa shape index (κ1) is 13.4. The summed E-state index contributed by atoms with van der Waals surface area (Å²) < 4.78 is 5.17. The molecule has 1 atom stereocenters. The number of carbonyl (C=O) groups is 1. The number of aryl methyl sites for hydroxylation is 1. The molecular weight excluding hydrogens is 262 g/mol. The van der Waals surface area contributed by atoms with Crippen LogP contribution in [0.25, 0.3) is 0 Å². The van der Waals surface area contributed by atoms with E-state index in [4.69, 9.17) is 21.3 Å². The Balaban J connectivity index is 2.03. The summed E-state index contributed by atoms with van der Waals surface area (Å²) in [5.74, 6) is -0.102. The van der Waals surface area contributed by atoms with Crippen molar-refractivity contribution in [2.75, 3.05) is 0 Å². The van der Waals surface area contributed by atoms with Crippen LogP contribution in [0.1, 0.15) is 23.7 Å². The van der Waals surface area contributed by atoms with Crippen LogP contribution in [0.4, 0.5) is 0 Å². The fourth-order valence-electron chi connectivity index (χ4n) is 1.83. The second-order valence-electron chi connectivity index (χ2n) is 4.16. The molecule has 0 aliphatic carbocycles. The molecule has 0 aliphatic heterocycles. The summed E-state index contributed by atoms with van der Waals surface area (Å²) in [6, 6.07) is 12.4. The lowest BCUT2D eigenvalue weighted by Crippen LogP contribution is -2.11. The molecule has 19 heavy (non-hydrogen) atoms. The minimum Gasteiger partial charge on any atom is -0.469 e. The van der Waals surface area contributed by atoms with Crippen molar-refractivity contribution in [1.29, 1.82) is 5.26 Å². The molecule has 0 saturated heterocycles. The van der Waals surface area contributed by atoms with Crippen molar-refractivity contribution in [3.05, 3.63) is 59.0 Å². The van der Waals surface area contributed by atoms with Crippen LogP contribution < -0.4 is 0 Å². The monoisotopic (exact) mass is 273 g/mol. The predicted octanol–water partition coefficient (Wildman–Crippen LogP) is 3.74. The van der Waals surface area contributed by atoms with Gasteiger partial charge >= 0.3 is 0 Å². The van der Waals surface area contributed by atoms with Crippen LogP contribution in [0.5, 0.6) is 0 Å². The molecule has 0 N–H and O–H groups in total. The van der Waals surface area contributed by atoms with Gasteiger partial charge in [-0.1, -0.05) is 23.7 Å². The molecule has 0 fully saturated rings. The van der Waals surface area contributed by atoms with Crippen molar-refractivity contribution in [2.45, 2.75) is 18.8 Å². The highest BCUT2D eigenvalue weighted by Gasteiger charge is 2.19. The number of hydrogen-bond donors (Lipinski definition) is 0. The lowest BCUT2D eigenvalue weighted by atomic mass is 9.93. The number of hydrogen-bond acceptors (Lipinski definition) is 3. The highest BCUT2D eigenvalue weighted by molar-refractivity contribution is 6.30. The van der Waals surface area contributed by atoms with E-state index >= 15 is 0 Å². The first-order chi connectivity index (χ1) is 9.20. The van der Waals surface area contributed by atoms with Gasteiger partial charge in [0.15, 0.2) is 5.78 Å². The van der Waals surface area contributed by atoms with E-state index in [0.717, 1.165) is 5.76 Å². The Labute approximate surface area is 116 Å². The van der Waals surface area contributed by atoms with E-state index in [-0.39, 0.29) is 12.2 Å². The van der Waals surface area contributed by atoms with Gasteiger partial charge in [-0.05, 0) is 29.8 Å². The third-order valence-electron chi connectivity index (χ3n) is 2.85. The topological polar surface area (TPSA) is 54.0 Å². The second kappa shape index (κ2) is 6.21. The minimum atomic E-state index is -0.743. The van der Waals surface area contributed by atoms with Gasteiger partial charge in [-0.15, -0.1) is 0 Å². The molecule has 0 saturated carbocycles. The number of ketones is 1. The van der Waals surface area contributed by atoms with Gasteiger partial charge in [0.2, 0.25) is 0 Å². The minimum absolute atomic E-state index is 0.110. The number of Topliss-reactive ketones (excluding diaryl/α,β-unsaturated/α-hetero) is 1. The SMILES string of the molecule is N#CC(C(=O)CCc1ccco1)c1ccc(Cl)cc1. The number of nitriles is 1. The smallest absolute Gasteiger partial charge is 0.154 e. The summed E-state index contributed by atoms with van der Waals surface area (Å²) >= 11 is 5.79. The van der Waals surface area contributed by atoms with Gasteiger partial charge < -0.3 is 4.42 Å². The first-order valence-corrected chi connectivity index (χ1v) is 6.28. The average Bonchev–Trinajstić information content (AvgIpc) is 2.92. The first-order valence-electron chi connectivity index (χ1n) is 5.91. The molecule has 1 aromatic heterocycles. The summed E-state index contributed by atoms with van der Waals surface area (Å²) in [6.07, 6.45) is 2.37. The molecule has 0 radical (unpaired) electrons. The predicted molar refractivity (Wildman–Crippen MR) is 71.8 cm³/mol. The Morgan fingerprint density at radius 3 is 2.63 bits per heavy atom. The van der Waals surface area contributed by atoms with Crippen LogP contribution in [0.15, 0.2) is 47.1 Å². The Bertz CT molecular complexity index is 582. The summed E-state index contributed by atoms with van der Waals surface area (Å²) in [6.45, 7) is 0. The number of carbonyl (C=O) groups excluding carboxylic acids is 1. The molecule has 0 amide bonds. The molecule has 0 bridgehead atoms. The largest absolute Gasteiger partial charge is 0.469 e. The molecule has 1 heterocycles. The van der Waals surface area contributed by atoms with Crippen LogP contribution in [0.3, 0.4) is 0 Å². The van der Waals surface area contributed by atoms with E-state index in [1.165, 1.54) is 0 Å². The maximum absolute atomic E-state index is 12.1. The van der Waals surface area contributed by atoms with Gasteiger partial charge in [0.05, 0.1) is 12.3 Å². The number of rotatable bonds is 5. The molecule has 2 rings (SSSR count). The Morgan fingerprint density at radius 1 is 1.32 bits per heavy atom. The quantitative estimate of drug-likeness (QED) is 0.834. The molecule has 2 aromatic rings. The van der Waals surface area contributed by atoms with E-state index in [9.17, 15) is 4.79 Å². The third-order valence-corrected chi connectivity index (χ3v) is 3.10. The lowest BCUT2D eigenvalue weighted by Gasteiger charge is -2.08. The molecular formula is C15H12ClNO2. The molecule has 1 unspecified atom stereocenters. The number of benzene rings is 1. The highest BCUT2D eigenvalue weighted by atomic mass is 35.5. The van der Waals surface area contributed by atoms with Crippen molar-refractivity contribution in [3.8, 4) is 6.07 Å². The van der Waals surface area contributed by atoms with Crippen molar-refractivity contribution >= 4 is 17.4 Å². The summed E-state index contributed by atoms with van der Waals surface area (Å²) in [5, 5.41) is 9.74. The van der Waals surface area contributed by atoms with Gasteiger partial charge in [0, 0.05) is 17.9 Å². The fourth-order valence-corrected chi connectivity index (χ4v) is 1.96. The lowest BCUT2D eigenvalue weighted by molar-refractivity contribution is -0.119. The van der Waals surface area contributed by atoms with Gasteiger partial charge in [-0.2, -0.15) is 5.26 Å². The molecule has 3 nitrogen and oxygen atoms in total. The van der Waals surface area contributed by atoms with Gasteiger partial charge in [-0.25, -0.2) is 0 Å². The van der Waals surface area contributed by atoms with E-state index in [2.05, 4.69) is 0 Å². The van der Waals surface area contributed by atoms with Crippen molar-refractivity contribution < 1.29 is 9.21 Å². The number of nitrogens with zero attached hydrogens (tertiary/aromatic N) is 1. The normalized spacial score (nSPS) is 11.8. The number of halogens is 1. The van der Waals surface area contributed by atoms with Gasteiger partial charge in [0.1, 0.15) is 11.7 Å². The average molecular weight is 274 g/mol. The van der Waals surface area contributed by atoms with Crippen LogP contribution in [-0.2, 0) is 11.2 Å². The fraction of sp³-hybridized carbons (Fsp3) is 0.200. The molecule has 1 aromatic carbocycles. The third kappa shape index (κ3) is 3.46. The van der Waals surface area contributed by atoms with E-state index < -0.39 is 5.92 Å².